The fourth-order valence-electron chi connectivity index (χ4n) is 5.01. The minimum atomic E-state index is -1.03. The van der Waals surface area contributed by atoms with E-state index in [1.807, 2.05) is 18.2 Å². The maximum absolute atomic E-state index is 13.5. The molecule has 2 atom stereocenters. The molecule has 3 aromatic carbocycles. The quantitative estimate of drug-likeness (QED) is 0.171. The second-order valence-electron chi connectivity index (χ2n) is 10.4. The van der Waals surface area contributed by atoms with Gasteiger partial charge in [-0.15, -0.1) is 0 Å². The van der Waals surface area contributed by atoms with Crippen LogP contribution in [0, 0.1) is 5.82 Å². The van der Waals surface area contributed by atoms with E-state index in [-0.39, 0.29) is 24.1 Å². The number of aliphatic hydroxyl groups excluding tert-OH is 1. The molecular formula is C30H33ClFN3O4. The fourth-order valence-corrected chi connectivity index (χ4v) is 5.24. The number of carbonyl (C=O) groups excluding carboxylic acids is 1. The van der Waals surface area contributed by atoms with Crippen LogP contribution in [0.1, 0.15) is 49.3 Å². The van der Waals surface area contributed by atoms with Crippen molar-refractivity contribution in [1.82, 2.24) is 10.2 Å². The molecule has 1 aliphatic carbocycles. The lowest BCUT2D eigenvalue weighted by atomic mass is 10.00. The van der Waals surface area contributed by atoms with E-state index < -0.39 is 18.1 Å². The van der Waals surface area contributed by atoms with Crippen LogP contribution in [0.4, 0.5) is 4.39 Å². The number of aryl methyl sites for hydroxylation is 1. The number of fused-ring (bicyclic) bond motifs is 1. The lowest BCUT2D eigenvalue weighted by Gasteiger charge is -2.29. The summed E-state index contributed by atoms with van der Waals surface area (Å²) >= 11 is 6.44. The summed E-state index contributed by atoms with van der Waals surface area (Å²) in [6, 6.07) is 14.8. The first-order valence-electron chi connectivity index (χ1n) is 13.5. The van der Waals surface area contributed by atoms with Gasteiger partial charge in [0.2, 0.25) is 0 Å². The molecule has 0 spiro atoms. The van der Waals surface area contributed by atoms with Gasteiger partial charge < -0.3 is 25.3 Å². The summed E-state index contributed by atoms with van der Waals surface area (Å²) < 4.78 is 19.3. The first kappa shape index (κ1) is 27.4. The molecule has 5 rings (SSSR count). The Bertz CT molecular complexity index is 1360. The van der Waals surface area contributed by atoms with E-state index in [4.69, 9.17) is 16.3 Å². The summed E-state index contributed by atoms with van der Waals surface area (Å²) in [5, 5.41) is 29.2. The number of amides is 1. The molecule has 3 aromatic rings. The van der Waals surface area contributed by atoms with E-state index in [9.17, 15) is 19.5 Å². The van der Waals surface area contributed by atoms with E-state index in [0.717, 1.165) is 55.1 Å². The number of nitrogens with zero attached hydrogens (tertiary/aromatic N) is 2. The van der Waals surface area contributed by atoms with Crippen molar-refractivity contribution in [1.29, 1.82) is 0 Å². The van der Waals surface area contributed by atoms with Crippen LogP contribution in [-0.2, 0) is 11.2 Å². The maximum Gasteiger partial charge on any atom is 0.269 e. The van der Waals surface area contributed by atoms with Gasteiger partial charge in [0.05, 0.1) is 17.2 Å². The Kier molecular flexibility index (Phi) is 8.65. The molecule has 1 saturated heterocycles. The molecule has 39 heavy (non-hydrogen) atoms. The number of benzene rings is 3. The Hall–Kier alpha value is -3.20. The van der Waals surface area contributed by atoms with Crippen molar-refractivity contribution in [2.45, 2.75) is 56.8 Å². The summed E-state index contributed by atoms with van der Waals surface area (Å²) in [4.78, 5) is 15.4. The topological polar surface area (TPSA) is 94.4 Å². The molecule has 9 heteroatoms. The van der Waals surface area contributed by atoms with Gasteiger partial charge in [0.15, 0.2) is 0 Å². The molecule has 206 valence electrons. The molecule has 0 radical (unpaired) electrons. The van der Waals surface area contributed by atoms with Gasteiger partial charge in [-0.2, -0.15) is 0 Å². The third-order valence-corrected chi connectivity index (χ3v) is 7.66. The van der Waals surface area contributed by atoms with Gasteiger partial charge in [-0.1, -0.05) is 47.1 Å². The first-order chi connectivity index (χ1) is 18.9. The highest BCUT2D eigenvalue weighted by atomic mass is 35.5. The van der Waals surface area contributed by atoms with Gasteiger partial charge in [-0.3, -0.25) is 4.79 Å². The highest BCUT2D eigenvalue weighted by molar-refractivity contribution is 6.38. The number of oxime groups is 1. The zero-order valence-corrected chi connectivity index (χ0v) is 22.4. The molecule has 0 bridgehead atoms. The Balaban J connectivity index is 1.26. The lowest BCUT2D eigenvalue weighted by molar-refractivity contribution is -0.116. The van der Waals surface area contributed by atoms with Gasteiger partial charge in [-0.05, 0) is 91.4 Å². The van der Waals surface area contributed by atoms with Gasteiger partial charge in [-0.25, -0.2) is 4.39 Å². The normalized spacial score (nSPS) is 17.8. The average molecular weight is 554 g/mol. The molecular weight excluding hydrogens is 521 g/mol. The highest BCUT2D eigenvalue weighted by Gasteiger charge is 2.29. The number of carbonyl (C=O) groups is 1. The number of likely N-dealkylation sites (tertiary alicyclic amines) is 1. The van der Waals surface area contributed by atoms with Crippen molar-refractivity contribution in [3.63, 3.8) is 0 Å². The molecule has 3 N–H and O–H groups in total. The third-order valence-electron chi connectivity index (χ3n) is 7.37. The largest absolute Gasteiger partial charge is 0.489 e. The number of nitrogens with one attached hydrogen (secondary N) is 1. The van der Waals surface area contributed by atoms with Gasteiger partial charge >= 0.3 is 0 Å². The summed E-state index contributed by atoms with van der Waals surface area (Å²) in [5.41, 5.74) is 1.47. The van der Waals surface area contributed by atoms with E-state index in [0.29, 0.717) is 29.3 Å². The Labute approximate surface area is 232 Å². The van der Waals surface area contributed by atoms with Crippen molar-refractivity contribution in [2.24, 2.45) is 5.16 Å². The second kappa shape index (κ2) is 12.3. The summed E-state index contributed by atoms with van der Waals surface area (Å²) in [6.45, 7) is 2.23. The van der Waals surface area contributed by atoms with Crippen LogP contribution in [0.5, 0.6) is 5.75 Å². The molecule has 0 unspecified atom stereocenters. The third kappa shape index (κ3) is 7.06. The first-order valence-corrected chi connectivity index (χ1v) is 13.8. The van der Waals surface area contributed by atoms with Gasteiger partial charge in [0.1, 0.15) is 23.4 Å². The number of hydrogen-bond acceptors (Lipinski definition) is 6. The maximum atomic E-state index is 13.5. The SMILES string of the molecule is O=C(N[C@H](CN1CCCC1)[C@H](O)c1ccc(OC2CC2)c(Cl)c1)/C(CCc1ccc2cc(F)ccc2c1)=N/O. The Morgan fingerprint density at radius 3 is 2.56 bits per heavy atom. The number of halogens is 2. The van der Waals surface area contributed by atoms with Crippen molar-refractivity contribution in [3.8, 4) is 5.75 Å². The minimum absolute atomic E-state index is 0.0287. The predicted molar refractivity (Wildman–Crippen MR) is 149 cm³/mol. The standard InChI is InChI=1S/C30H33ClFN3O4/c31-25-17-22(7-12-28(25)39-24-9-10-24)29(36)27(18-35-13-1-2-14-35)33-30(37)26(34-38)11-4-19-3-5-21-16-23(32)8-6-20(21)15-19/h3,5-8,12,15-17,24,27,29,36,38H,1-2,4,9-11,13-14,18H2,(H,33,37)/b34-26+/t27-,29-/m1/s1. The van der Waals surface area contributed by atoms with Crippen LogP contribution < -0.4 is 10.1 Å². The minimum Gasteiger partial charge on any atom is -0.489 e. The summed E-state index contributed by atoms with van der Waals surface area (Å²) in [7, 11) is 0. The summed E-state index contributed by atoms with van der Waals surface area (Å²) in [6.07, 6.45) is 3.99. The van der Waals surface area contributed by atoms with E-state index >= 15 is 0 Å². The number of hydrogen-bond donors (Lipinski definition) is 3. The van der Waals surface area contributed by atoms with Crippen LogP contribution in [-0.4, -0.2) is 58.6 Å². The molecule has 7 nitrogen and oxygen atoms in total. The zero-order valence-electron chi connectivity index (χ0n) is 21.7. The Morgan fingerprint density at radius 1 is 1.10 bits per heavy atom. The predicted octanol–water partition coefficient (Wildman–Crippen LogP) is 5.25. The summed E-state index contributed by atoms with van der Waals surface area (Å²) in [5.74, 6) is -0.246. The van der Waals surface area contributed by atoms with E-state index in [2.05, 4.69) is 15.4 Å². The molecule has 2 fully saturated rings. The monoisotopic (exact) mass is 553 g/mol. The second-order valence-corrected chi connectivity index (χ2v) is 10.8. The average Bonchev–Trinajstić information content (AvgIpc) is 3.60. The molecule has 1 amide bonds. The van der Waals surface area contributed by atoms with Gasteiger partial charge in [0.25, 0.3) is 5.91 Å². The van der Waals surface area contributed by atoms with Crippen molar-refractivity contribution >= 4 is 34.0 Å². The van der Waals surface area contributed by atoms with Crippen molar-refractivity contribution < 1.29 is 24.2 Å². The molecule has 0 aromatic heterocycles. The van der Waals surface area contributed by atoms with Crippen LogP contribution in [0.3, 0.4) is 0 Å². The molecule has 1 saturated carbocycles. The van der Waals surface area contributed by atoms with Crippen LogP contribution >= 0.6 is 11.6 Å². The number of ether oxygens (including phenoxy) is 1. The number of aliphatic hydroxyl groups is 1. The van der Waals surface area contributed by atoms with E-state index in [1.165, 1.54) is 12.1 Å². The van der Waals surface area contributed by atoms with Crippen LogP contribution in [0.2, 0.25) is 5.02 Å². The number of rotatable bonds is 11. The molecule has 1 heterocycles. The van der Waals surface area contributed by atoms with Crippen LogP contribution in [0.25, 0.3) is 10.8 Å². The Morgan fingerprint density at radius 2 is 1.85 bits per heavy atom. The zero-order chi connectivity index (χ0) is 27.4. The van der Waals surface area contributed by atoms with Crippen molar-refractivity contribution in [2.75, 3.05) is 19.6 Å². The molecule has 1 aliphatic heterocycles. The molecule has 2 aliphatic rings. The van der Waals surface area contributed by atoms with Gasteiger partial charge in [0, 0.05) is 13.0 Å². The smallest absolute Gasteiger partial charge is 0.269 e. The fraction of sp³-hybridized carbons (Fsp3) is 0.400. The highest BCUT2D eigenvalue weighted by Crippen LogP contribution is 2.34. The van der Waals surface area contributed by atoms with Crippen molar-refractivity contribution in [3.05, 3.63) is 76.6 Å². The lowest BCUT2D eigenvalue weighted by Crippen LogP contribution is -2.48. The van der Waals surface area contributed by atoms with Crippen LogP contribution in [0.15, 0.2) is 59.8 Å². The van der Waals surface area contributed by atoms with E-state index in [1.54, 1.807) is 24.3 Å².